The summed E-state index contributed by atoms with van der Waals surface area (Å²) in [6.45, 7) is 0. The van der Waals surface area contributed by atoms with Gasteiger partial charge in [-0.2, -0.15) is 0 Å². The van der Waals surface area contributed by atoms with Crippen molar-refractivity contribution in [3.8, 4) is 0 Å². The van der Waals surface area contributed by atoms with Gasteiger partial charge in [0.05, 0.1) is 40.8 Å². The lowest BCUT2D eigenvalue weighted by molar-refractivity contribution is 0.0593. The predicted molar refractivity (Wildman–Crippen MR) is 98.7 cm³/mol. The van der Waals surface area contributed by atoms with Crippen molar-refractivity contribution in [2.75, 3.05) is 14.2 Å². The lowest BCUT2D eigenvalue weighted by atomic mass is 10.2. The van der Waals surface area contributed by atoms with E-state index < -0.39 is 22.0 Å². The SMILES string of the molecule is COC(=O)c1cc(S(=O)(=O)n2cc(C(=O)OC)c3ccccc32)ccc1Cl. The number of ether oxygens (including phenoxy) is 2. The monoisotopic (exact) mass is 407 g/mol. The number of nitrogens with zero attached hydrogens (tertiary/aromatic N) is 1. The van der Waals surface area contributed by atoms with E-state index in [9.17, 15) is 18.0 Å². The Balaban J connectivity index is 2.25. The summed E-state index contributed by atoms with van der Waals surface area (Å²) < 4.78 is 36.7. The molecule has 2 aromatic carbocycles. The fourth-order valence-corrected chi connectivity index (χ4v) is 4.26. The summed E-state index contributed by atoms with van der Waals surface area (Å²) in [5, 5.41) is 0.489. The third-order valence-corrected chi connectivity index (χ3v) is 5.98. The molecule has 0 saturated heterocycles. The van der Waals surface area contributed by atoms with Crippen molar-refractivity contribution in [2.45, 2.75) is 4.90 Å². The van der Waals surface area contributed by atoms with Gasteiger partial charge in [0.2, 0.25) is 0 Å². The van der Waals surface area contributed by atoms with E-state index in [4.69, 9.17) is 16.3 Å². The minimum Gasteiger partial charge on any atom is -0.465 e. The van der Waals surface area contributed by atoms with Gasteiger partial charge in [-0.1, -0.05) is 29.8 Å². The van der Waals surface area contributed by atoms with Crippen LogP contribution in [0, 0.1) is 0 Å². The summed E-state index contributed by atoms with van der Waals surface area (Å²) in [4.78, 5) is 23.7. The van der Waals surface area contributed by atoms with E-state index in [1.165, 1.54) is 32.5 Å². The lowest BCUT2D eigenvalue weighted by Crippen LogP contribution is -2.13. The van der Waals surface area contributed by atoms with E-state index in [2.05, 4.69) is 4.74 Å². The van der Waals surface area contributed by atoms with Crippen LogP contribution in [0.4, 0.5) is 0 Å². The van der Waals surface area contributed by atoms with E-state index >= 15 is 0 Å². The molecular weight excluding hydrogens is 394 g/mol. The van der Waals surface area contributed by atoms with Crippen LogP contribution in [0.15, 0.2) is 53.6 Å². The van der Waals surface area contributed by atoms with Gasteiger partial charge in [-0.25, -0.2) is 22.0 Å². The molecule has 0 unspecified atom stereocenters. The lowest BCUT2D eigenvalue weighted by Gasteiger charge is -2.09. The maximum atomic E-state index is 13.2. The van der Waals surface area contributed by atoms with Gasteiger partial charge in [0.1, 0.15) is 0 Å². The first kappa shape index (κ1) is 18.9. The Labute approximate surface area is 160 Å². The van der Waals surface area contributed by atoms with E-state index in [-0.39, 0.29) is 21.0 Å². The molecule has 0 radical (unpaired) electrons. The zero-order valence-electron chi connectivity index (χ0n) is 14.3. The van der Waals surface area contributed by atoms with Crippen LogP contribution in [-0.4, -0.2) is 38.5 Å². The third kappa shape index (κ3) is 3.17. The van der Waals surface area contributed by atoms with E-state index in [0.29, 0.717) is 10.9 Å². The fraction of sp³-hybridized carbons (Fsp3) is 0.111. The Hall–Kier alpha value is -2.84. The highest BCUT2D eigenvalue weighted by Gasteiger charge is 2.25. The van der Waals surface area contributed by atoms with Crippen LogP contribution in [0.25, 0.3) is 10.9 Å². The molecule has 0 fully saturated rings. The molecule has 3 aromatic rings. The zero-order valence-corrected chi connectivity index (χ0v) is 15.9. The van der Waals surface area contributed by atoms with Gasteiger partial charge in [-0.3, -0.25) is 0 Å². The molecule has 0 N–H and O–H groups in total. The normalized spacial score (nSPS) is 11.4. The number of aromatic nitrogens is 1. The van der Waals surface area contributed by atoms with Gasteiger partial charge >= 0.3 is 11.9 Å². The molecule has 0 aliphatic carbocycles. The largest absolute Gasteiger partial charge is 0.465 e. The second kappa shape index (κ2) is 7.05. The van der Waals surface area contributed by atoms with E-state index in [1.54, 1.807) is 24.3 Å². The van der Waals surface area contributed by atoms with Gasteiger partial charge in [-0.15, -0.1) is 0 Å². The van der Waals surface area contributed by atoms with Crippen LogP contribution >= 0.6 is 11.6 Å². The molecule has 0 atom stereocenters. The quantitative estimate of drug-likeness (QED) is 0.617. The molecule has 7 nitrogen and oxygen atoms in total. The number of esters is 2. The maximum absolute atomic E-state index is 13.2. The Morgan fingerprint density at radius 3 is 2.26 bits per heavy atom. The van der Waals surface area contributed by atoms with Crippen LogP contribution in [0.2, 0.25) is 5.02 Å². The van der Waals surface area contributed by atoms with Gasteiger partial charge in [0, 0.05) is 11.6 Å². The second-order valence-electron chi connectivity index (χ2n) is 5.49. The van der Waals surface area contributed by atoms with E-state index in [0.717, 1.165) is 10.0 Å². The van der Waals surface area contributed by atoms with Crippen LogP contribution in [0.5, 0.6) is 0 Å². The topological polar surface area (TPSA) is 91.7 Å². The number of methoxy groups -OCH3 is 2. The third-order valence-electron chi connectivity index (χ3n) is 3.98. The molecule has 9 heteroatoms. The average molecular weight is 408 g/mol. The highest BCUT2D eigenvalue weighted by atomic mass is 35.5. The zero-order chi connectivity index (χ0) is 19.8. The summed E-state index contributed by atoms with van der Waals surface area (Å²) in [5.74, 6) is -1.42. The highest BCUT2D eigenvalue weighted by Crippen LogP contribution is 2.28. The number of para-hydroxylation sites is 1. The molecule has 0 spiro atoms. The predicted octanol–water partition coefficient (Wildman–Crippen LogP) is 3.10. The number of hydrogen-bond donors (Lipinski definition) is 0. The summed E-state index contributed by atoms with van der Waals surface area (Å²) in [7, 11) is -1.74. The molecular formula is C18H14ClNO6S. The number of rotatable bonds is 4. The van der Waals surface area contributed by atoms with Gasteiger partial charge in [0.15, 0.2) is 0 Å². The molecule has 0 aliphatic heterocycles. The van der Waals surface area contributed by atoms with Crippen molar-refractivity contribution in [2.24, 2.45) is 0 Å². The van der Waals surface area contributed by atoms with Crippen LogP contribution in [0.1, 0.15) is 20.7 Å². The van der Waals surface area contributed by atoms with Crippen LogP contribution in [-0.2, 0) is 19.5 Å². The molecule has 1 aromatic heterocycles. The van der Waals surface area contributed by atoms with Gasteiger partial charge < -0.3 is 9.47 Å². The number of benzene rings is 2. The standard InChI is InChI=1S/C18H14ClNO6S/c1-25-17(21)13-9-11(7-8-15(13)19)27(23,24)20-10-14(18(22)26-2)12-5-3-4-6-16(12)20/h3-10H,1-2H3. The van der Waals surface area contributed by atoms with Crippen molar-refractivity contribution in [3.05, 3.63) is 64.8 Å². The number of carbonyl (C=O) groups excluding carboxylic acids is 2. The second-order valence-corrected chi connectivity index (χ2v) is 7.71. The first-order valence-corrected chi connectivity index (χ1v) is 9.45. The Kier molecular flexibility index (Phi) is 4.95. The summed E-state index contributed by atoms with van der Waals surface area (Å²) in [6.07, 6.45) is 1.19. The van der Waals surface area contributed by atoms with Gasteiger partial charge in [-0.05, 0) is 24.3 Å². The molecule has 0 bridgehead atoms. The fourth-order valence-electron chi connectivity index (χ4n) is 2.67. The number of fused-ring (bicyclic) bond motifs is 1. The van der Waals surface area contributed by atoms with Crippen molar-refractivity contribution in [1.29, 1.82) is 0 Å². The molecule has 0 amide bonds. The summed E-state index contributed by atoms with van der Waals surface area (Å²) in [5.41, 5.74) is 0.330. The van der Waals surface area contributed by atoms with Crippen molar-refractivity contribution in [1.82, 2.24) is 3.97 Å². The highest BCUT2D eigenvalue weighted by molar-refractivity contribution is 7.90. The van der Waals surface area contributed by atoms with Crippen LogP contribution in [0.3, 0.4) is 0 Å². The smallest absolute Gasteiger partial charge is 0.340 e. The number of halogens is 1. The average Bonchev–Trinajstić information content (AvgIpc) is 3.07. The van der Waals surface area contributed by atoms with Crippen molar-refractivity contribution >= 4 is 44.5 Å². The molecule has 0 saturated carbocycles. The summed E-state index contributed by atoms with van der Waals surface area (Å²) in [6, 6.07) is 10.2. The molecule has 27 heavy (non-hydrogen) atoms. The minimum atomic E-state index is -4.13. The number of hydrogen-bond acceptors (Lipinski definition) is 6. The molecule has 1 heterocycles. The van der Waals surface area contributed by atoms with Crippen molar-refractivity contribution < 1.29 is 27.5 Å². The first-order chi connectivity index (χ1) is 12.8. The minimum absolute atomic E-state index is 0.0633. The first-order valence-electron chi connectivity index (χ1n) is 7.63. The molecule has 3 rings (SSSR count). The van der Waals surface area contributed by atoms with E-state index in [1.807, 2.05) is 0 Å². The Morgan fingerprint density at radius 1 is 0.963 bits per heavy atom. The number of carbonyl (C=O) groups is 2. The molecule has 0 aliphatic rings. The van der Waals surface area contributed by atoms with Crippen LogP contribution < -0.4 is 0 Å². The van der Waals surface area contributed by atoms with Gasteiger partial charge in [0.25, 0.3) is 10.0 Å². The van der Waals surface area contributed by atoms with Crippen molar-refractivity contribution in [3.63, 3.8) is 0 Å². The Morgan fingerprint density at radius 2 is 1.59 bits per heavy atom. The Bertz CT molecular complexity index is 1170. The summed E-state index contributed by atoms with van der Waals surface area (Å²) >= 11 is 5.96. The maximum Gasteiger partial charge on any atom is 0.340 e. The molecule has 140 valence electrons.